The van der Waals surface area contributed by atoms with E-state index in [1.807, 2.05) is 16.8 Å². The average molecular weight is 423 g/mol. The molecular weight excluding hydrogens is 387 g/mol. The first-order valence-corrected chi connectivity index (χ1v) is 10.1. The molecule has 8 heteroatoms. The van der Waals surface area contributed by atoms with Gasteiger partial charge in [0.2, 0.25) is 11.8 Å². The fourth-order valence-electron chi connectivity index (χ4n) is 4.87. The Kier molecular flexibility index (Phi) is 10.4. The van der Waals surface area contributed by atoms with Crippen LogP contribution in [0.4, 0.5) is 0 Å². The Morgan fingerprint density at radius 3 is 2.59 bits per heavy atom. The third-order valence-corrected chi connectivity index (χ3v) is 6.22. The minimum Gasteiger partial charge on any atom is -0.342 e. The highest BCUT2D eigenvalue weighted by Gasteiger charge is 2.39. The minimum atomic E-state index is -0.127. The highest BCUT2D eigenvalue weighted by atomic mass is 35.5. The van der Waals surface area contributed by atoms with Gasteiger partial charge in [-0.05, 0) is 58.3 Å². The maximum absolute atomic E-state index is 12.9. The first-order valence-electron chi connectivity index (χ1n) is 10.1. The van der Waals surface area contributed by atoms with Crippen LogP contribution in [0, 0.1) is 11.8 Å². The molecular formula is C19H36Cl2N4O2. The van der Waals surface area contributed by atoms with E-state index in [2.05, 4.69) is 17.1 Å². The van der Waals surface area contributed by atoms with Gasteiger partial charge < -0.3 is 15.1 Å². The molecule has 27 heavy (non-hydrogen) atoms. The average Bonchev–Trinajstić information content (AvgIpc) is 3.22. The van der Waals surface area contributed by atoms with Crippen molar-refractivity contribution in [1.29, 1.82) is 0 Å². The Morgan fingerprint density at radius 1 is 1.15 bits per heavy atom. The summed E-state index contributed by atoms with van der Waals surface area (Å²) in [4.78, 5) is 31.8. The fourth-order valence-corrected chi connectivity index (χ4v) is 4.87. The quantitative estimate of drug-likeness (QED) is 0.706. The molecule has 6 nitrogen and oxygen atoms in total. The van der Waals surface area contributed by atoms with Gasteiger partial charge in [0.1, 0.15) is 0 Å². The number of halogens is 2. The van der Waals surface area contributed by atoms with Crippen LogP contribution in [0.3, 0.4) is 0 Å². The summed E-state index contributed by atoms with van der Waals surface area (Å²) >= 11 is 0. The van der Waals surface area contributed by atoms with Gasteiger partial charge in [0.15, 0.2) is 0 Å². The molecule has 1 N–H and O–H groups in total. The number of nitrogens with zero attached hydrogens (tertiary/aromatic N) is 3. The van der Waals surface area contributed by atoms with E-state index >= 15 is 0 Å². The lowest BCUT2D eigenvalue weighted by Gasteiger charge is -2.34. The van der Waals surface area contributed by atoms with Crippen molar-refractivity contribution in [1.82, 2.24) is 20.0 Å². The molecule has 3 fully saturated rings. The summed E-state index contributed by atoms with van der Waals surface area (Å²) in [6, 6.07) is 0.484. The number of hydrogen-bond donors (Lipinski definition) is 1. The van der Waals surface area contributed by atoms with Crippen molar-refractivity contribution in [2.75, 3.05) is 52.9 Å². The number of piperidine rings is 1. The number of hydrogen-bond acceptors (Lipinski definition) is 4. The monoisotopic (exact) mass is 422 g/mol. The van der Waals surface area contributed by atoms with Crippen LogP contribution in [0.15, 0.2) is 0 Å². The Labute approximate surface area is 176 Å². The fraction of sp³-hybridized carbons (Fsp3) is 0.895. The lowest BCUT2D eigenvalue weighted by molar-refractivity contribution is -0.137. The number of carbonyl (C=O) groups excluding carboxylic acids is 2. The van der Waals surface area contributed by atoms with E-state index in [0.717, 1.165) is 45.7 Å². The Balaban J connectivity index is 0.00000182. The van der Waals surface area contributed by atoms with Gasteiger partial charge in [0.25, 0.3) is 0 Å². The van der Waals surface area contributed by atoms with Crippen molar-refractivity contribution >= 4 is 36.6 Å². The van der Waals surface area contributed by atoms with E-state index < -0.39 is 0 Å². The largest absolute Gasteiger partial charge is 0.342 e. The summed E-state index contributed by atoms with van der Waals surface area (Å²) in [7, 11) is 1.97. The third-order valence-electron chi connectivity index (χ3n) is 6.22. The molecule has 3 heterocycles. The Hall–Kier alpha value is -0.560. The van der Waals surface area contributed by atoms with Crippen LogP contribution in [0.1, 0.15) is 39.0 Å². The molecule has 3 unspecified atom stereocenters. The summed E-state index contributed by atoms with van der Waals surface area (Å²) in [6.07, 6.45) is 5.08. The number of amides is 2. The molecule has 158 valence electrons. The van der Waals surface area contributed by atoms with Gasteiger partial charge >= 0.3 is 0 Å². The van der Waals surface area contributed by atoms with Gasteiger partial charge in [-0.25, -0.2) is 0 Å². The Morgan fingerprint density at radius 2 is 1.89 bits per heavy atom. The van der Waals surface area contributed by atoms with Crippen LogP contribution in [0.25, 0.3) is 0 Å². The molecule has 0 bridgehead atoms. The molecule has 3 rings (SSSR count). The van der Waals surface area contributed by atoms with Gasteiger partial charge in [-0.15, -0.1) is 24.8 Å². The molecule has 3 atom stereocenters. The smallest absolute Gasteiger partial charge is 0.228 e. The van der Waals surface area contributed by atoms with Gasteiger partial charge in [0.05, 0.1) is 5.92 Å². The zero-order chi connectivity index (χ0) is 17.8. The molecule has 2 amide bonds. The van der Waals surface area contributed by atoms with Crippen LogP contribution in [0.2, 0.25) is 0 Å². The van der Waals surface area contributed by atoms with E-state index in [-0.39, 0.29) is 42.5 Å². The molecule has 0 aromatic carbocycles. The molecule has 0 aliphatic carbocycles. The van der Waals surface area contributed by atoms with Crippen molar-refractivity contribution in [2.24, 2.45) is 11.8 Å². The standard InChI is InChI=1S/C19H34N4O2.2ClH/c1-3-21-8-5-7-17(21)14-23-13-16(10-18(23)24)19(25)22-9-4-6-15(12-22)11-20-2;;/h15-17,20H,3-14H2,1-2H3;2*1H. The van der Waals surface area contributed by atoms with Crippen LogP contribution >= 0.6 is 24.8 Å². The number of likely N-dealkylation sites (N-methyl/N-ethyl adjacent to an activating group) is 1. The van der Waals surface area contributed by atoms with Gasteiger partial charge in [0, 0.05) is 38.6 Å². The molecule has 3 aliphatic rings. The number of carbonyl (C=O) groups is 2. The van der Waals surface area contributed by atoms with Crippen molar-refractivity contribution in [3.63, 3.8) is 0 Å². The highest BCUT2D eigenvalue weighted by molar-refractivity contribution is 5.89. The summed E-state index contributed by atoms with van der Waals surface area (Å²) in [5.74, 6) is 0.797. The lowest BCUT2D eigenvalue weighted by atomic mass is 9.96. The van der Waals surface area contributed by atoms with E-state index in [1.165, 1.54) is 19.3 Å². The number of nitrogens with one attached hydrogen (secondary N) is 1. The summed E-state index contributed by atoms with van der Waals surface area (Å²) in [5, 5.41) is 3.23. The van der Waals surface area contributed by atoms with Crippen LogP contribution < -0.4 is 5.32 Å². The van der Waals surface area contributed by atoms with E-state index in [9.17, 15) is 9.59 Å². The third kappa shape index (κ3) is 5.96. The topological polar surface area (TPSA) is 55.9 Å². The first-order chi connectivity index (χ1) is 12.1. The van der Waals surface area contributed by atoms with Crippen molar-refractivity contribution in [3.8, 4) is 0 Å². The normalized spacial score (nSPS) is 28.8. The van der Waals surface area contributed by atoms with Gasteiger partial charge in [-0.1, -0.05) is 6.92 Å². The van der Waals surface area contributed by atoms with E-state index in [4.69, 9.17) is 0 Å². The molecule has 0 radical (unpaired) electrons. The molecule has 0 aromatic heterocycles. The van der Waals surface area contributed by atoms with Gasteiger partial charge in [-0.3, -0.25) is 14.5 Å². The SMILES string of the molecule is CCN1CCCC1CN1CC(C(=O)N2CCCC(CNC)C2)CC1=O.Cl.Cl. The second kappa shape index (κ2) is 11.4. The maximum atomic E-state index is 12.9. The zero-order valence-corrected chi connectivity index (χ0v) is 18.3. The summed E-state index contributed by atoms with van der Waals surface area (Å²) in [5.41, 5.74) is 0. The van der Waals surface area contributed by atoms with Crippen LogP contribution in [-0.4, -0.2) is 85.4 Å². The van der Waals surface area contributed by atoms with Crippen molar-refractivity contribution in [2.45, 2.75) is 45.1 Å². The second-order valence-corrected chi connectivity index (χ2v) is 7.97. The lowest BCUT2D eigenvalue weighted by Crippen LogP contribution is -2.46. The van der Waals surface area contributed by atoms with Gasteiger partial charge in [-0.2, -0.15) is 0 Å². The summed E-state index contributed by atoms with van der Waals surface area (Å²) < 4.78 is 0. The molecule has 3 aliphatic heterocycles. The minimum absolute atomic E-state index is 0. The zero-order valence-electron chi connectivity index (χ0n) is 16.7. The predicted octanol–water partition coefficient (Wildman–Crippen LogP) is 1.62. The first kappa shape index (κ1) is 24.5. The molecule has 0 aromatic rings. The molecule has 3 saturated heterocycles. The van der Waals surface area contributed by atoms with E-state index in [1.54, 1.807) is 0 Å². The van der Waals surface area contributed by atoms with E-state index in [0.29, 0.717) is 24.9 Å². The number of likely N-dealkylation sites (tertiary alicyclic amines) is 3. The van der Waals surface area contributed by atoms with Crippen molar-refractivity contribution < 1.29 is 9.59 Å². The second-order valence-electron chi connectivity index (χ2n) is 7.97. The van der Waals surface area contributed by atoms with Crippen LogP contribution in [0.5, 0.6) is 0 Å². The molecule has 0 saturated carbocycles. The molecule has 0 spiro atoms. The Bertz CT molecular complexity index is 492. The predicted molar refractivity (Wildman–Crippen MR) is 113 cm³/mol. The highest BCUT2D eigenvalue weighted by Crippen LogP contribution is 2.26. The maximum Gasteiger partial charge on any atom is 0.228 e. The summed E-state index contributed by atoms with van der Waals surface area (Å²) in [6.45, 7) is 8.48. The van der Waals surface area contributed by atoms with Crippen LogP contribution in [-0.2, 0) is 9.59 Å². The van der Waals surface area contributed by atoms with Crippen molar-refractivity contribution in [3.05, 3.63) is 0 Å². The number of rotatable bonds is 6.